The first-order chi connectivity index (χ1) is 15.7. The van der Waals surface area contributed by atoms with Crippen LogP contribution in [0.1, 0.15) is 22.3 Å². The summed E-state index contributed by atoms with van der Waals surface area (Å²) in [6, 6.07) is 14.2. The number of ether oxygens (including phenoxy) is 4. The Bertz CT molecular complexity index is 1210. The highest BCUT2D eigenvalue weighted by atomic mass is 32.2. The van der Waals surface area contributed by atoms with E-state index in [1.165, 1.54) is 6.07 Å². The van der Waals surface area contributed by atoms with Crippen LogP contribution in [-0.2, 0) is 23.0 Å². The van der Waals surface area contributed by atoms with E-state index >= 15 is 0 Å². The minimum atomic E-state index is -4.40. The lowest BCUT2D eigenvalue weighted by Crippen LogP contribution is -2.16. The summed E-state index contributed by atoms with van der Waals surface area (Å²) in [4.78, 5) is -0.149. The maximum atomic E-state index is 12.0. The van der Waals surface area contributed by atoms with Gasteiger partial charge in [0.2, 0.25) is 0 Å². The van der Waals surface area contributed by atoms with Crippen LogP contribution >= 0.6 is 9.24 Å². The lowest BCUT2D eigenvalue weighted by Gasteiger charge is -2.17. The molecule has 0 saturated heterocycles. The number of hydrogen-bond donors (Lipinski definition) is 1. The molecule has 3 aromatic carbocycles. The number of benzene rings is 3. The number of rotatable bonds is 9. The smallest absolute Gasteiger partial charge is 0.295 e. The van der Waals surface area contributed by atoms with E-state index in [0.717, 1.165) is 22.3 Å². The van der Waals surface area contributed by atoms with Crippen molar-refractivity contribution < 1.29 is 31.9 Å². The Morgan fingerprint density at radius 2 is 1.15 bits per heavy atom. The van der Waals surface area contributed by atoms with Crippen LogP contribution in [0.3, 0.4) is 0 Å². The molecule has 3 aromatic rings. The molecule has 33 heavy (non-hydrogen) atoms. The van der Waals surface area contributed by atoms with E-state index in [1.54, 1.807) is 46.6 Å². The number of methoxy groups -OCH3 is 4. The summed E-state index contributed by atoms with van der Waals surface area (Å²) in [5.74, 6) is 2.56. The topological polar surface area (TPSA) is 91.3 Å². The first kappa shape index (κ1) is 24.8. The van der Waals surface area contributed by atoms with Crippen LogP contribution in [0.5, 0.6) is 23.0 Å². The average Bonchev–Trinajstić information content (AvgIpc) is 2.79. The molecule has 3 rings (SSSR count). The Balaban J connectivity index is 2.13. The molecule has 0 spiro atoms. The lowest BCUT2D eigenvalue weighted by atomic mass is 9.94. The van der Waals surface area contributed by atoms with Crippen LogP contribution in [0.25, 0.3) is 0 Å². The first-order valence-corrected chi connectivity index (χ1v) is 12.0. The fourth-order valence-corrected chi connectivity index (χ4v) is 5.12. The fourth-order valence-electron chi connectivity index (χ4n) is 3.65. The molecule has 0 heterocycles. The zero-order valence-corrected chi connectivity index (χ0v) is 20.9. The minimum Gasteiger partial charge on any atom is -0.497 e. The first-order valence-electron chi connectivity index (χ1n) is 10.00. The summed E-state index contributed by atoms with van der Waals surface area (Å²) < 4.78 is 55.2. The van der Waals surface area contributed by atoms with Crippen LogP contribution in [0.2, 0.25) is 0 Å². The molecule has 0 aliphatic heterocycles. The van der Waals surface area contributed by atoms with E-state index in [4.69, 9.17) is 18.9 Å². The zero-order chi connectivity index (χ0) is 24.2. The van der Waals surface area contributed by atoms with Crippen molar-refractivity contribution in [1.82, 2.24) is 0 Å². The van der Waals surface area contributed by atoms with Crippen molar-refractivity contribution >= 4 is 24.7 Å². The third-order valence-corrected chi connectivity index (χ3v) is 7.07. The van der Waals surface area contributed by atoms with E-state index < -0.39 is 10.1 Å². The molecular weight excluding hydrogens is 463 g/mol. The molecule has 0 fully saturated rings. The van der Waals surface area contributed by atoms with E-state index in [9.17, 15) is 13.0 Å². The average molecular weight is 491 g/mol. The van der Waals surface area contributed by atoms with E-state index in [-0.39, 0.29) is 4.90 Å². The van der Waals surface area contributed by atoms with Crippen molar-refractivity contribution in [2.24, 2.45) is 0 Å². The van der Waals surface area contributed by atoms with Crippen LogP contribution in [-0.4, -0.2) is 41.4 Å². The third-order valence-electron chi connectivity index (χ3n) is 5.29. The molecule has 176 valence electrons. The predicted molar refractivity (Wildman–Crippen MR) is 130 cm³/mol. The van der Waals surface area contributed by atoms with Gasteiger partial charge in [0.15, 0.2) is 0 Å². The highest BCUT2D eigenvalue weighted by Gasteiger charge is 2.20. The van der Waals surface area contributed by atoms with Gasteiger partial charge in [-0.25, -0.2) is 0 Å². The van der Waals surface area contributed by atoms with E-state index in [1.807, 2.05) is 24.3 Å². The molecule has 0 saturated carbocycles. The molecule has 1 N–H and O–H groups in total. The largest absolute Gasteiger partial charge is 0.497 e. The molecule has 0 aliphatic rings. The van der Waals surface area contributed by atoms with Gasteiger partial charge in [-0.3, -0.25) is 4.55 Å². The second-order valence-electron chi connectivity index (χ2n) is 7.39. The Morgan fingerprint density at radius 3 is 1.55 bits per heavy atom. The van der Waals surface area contributed by atoms with Crippen LogP contribution in [0, 0.1) is 0 Å². The van der Waals surface area contributed by atoms with Crippen LogP contribution < -0.4 is 24.3 Å². The second kappa shape index (κ2) is 10.4. The molecule has 1 atom stereocenters. The van der Waals surface area contributed by atoms with Gasteiger partial charge in [-0.05, 0) is 70.7 Å². The minimum absolute atomic E-state index is 0.149. The molecule has 0 bridgehead atoms. The zero-order valence-electron chi connectivity index (χ0n) is 18.9. The highest BCUT2D eigenvalue weighted by molar-refractivity contribution is 7.86. The van der Waals surface area contributed by atoms with Gasteiger partial charge >= 0.3 is 0 Å². The molecular formula is C24H27O7PS. The summed E-state index contributed by atoms with van der Waals surface area (Å²) in [5.41, 5.74) is 3.45. The van der Waals surface area contributed by atoms with Crippen molar-refractivity contribution in [3.63, 3.8) is 0 Å². The molecule has 0 aliphatic carbocycles. The predicted octanol–water partition coefficient (Wildman–Crippen LogP) is 3.65. The van der Waals surface area contributed by atoms with Gasteiger partial charge in [0, 0.05) is 12.1 Å². The SMILES string of the molecule is COc1cc(Cc2ccc(S(=O)(=O)O)c(P)c2Cc2cc(OC)cc(OC)c2)cc(OC)c1. The molecule has 7 nitrogen and oxygen atoms in total. The normalized spacial score (nSPS) is 11.2. The maximum Gasteiger partial charge on any atom is 0.295 e. The Morgan fingerprint density at radius 1 is 0.727 bits per heavy atom. The van der Waals surface area contributed by atoms with Gasteiger partial charge in [-0.15, -0.1) is 9.24 Å². The molecule has 0 amide bonds. The van der Waals surface area contributed by atoms with Crippen molar-refractivity contribution in [3.8, 4) is 23.0 Å². The Labute approximate surface area is 196 Å². The number of hydrogen-bond acceptors (Lipinski definition) is 6. The molecule has 0 aromatic heterocycles. The maximum absolute atomic E-state index is 12.0. The fraction of sp³-hybridized carbons (Fsp3) is 0.250. The van der Waals surface area contributed by atoms with Gasteiger partial charge < -0.3 is 18.9 Å². The summed E-state index contributed by atoms with van der Waals surface area (Å²) in [6.07, 6.45) is 0.892. The van der Waals surface area contributed by atoms with Gasteiger partial charge in [-0.1, -0.05) is 6.07 Å². The van der Waals surface area contributed by atoms with Crippen molar-refractivity contribution in [1.29, 1.82) is 0 Å². The Kier molecular flexibility index (Phi) is 7.84. The van der Waals surface area contributed by atoms with E-state index in [2.05, 4.69) is 9.24 Å². The third kappa shape index (κ3) is 5.96. The Hall–Kier alpha value is -2.80. The molecule has 0 radical (unpaired) electrons. The van der Waals surface area contributed by atoms with Crippen molar-refractivity contribution in [2.75, 3.05) is 28.4 Å². The van der Waals surface area contributed by atoms with Crippen LogP contribution in [0.15, 0.2) is 53.4 Å². The summed E-state index contributed by atoms with van der Waals surface area (Å²) >= 11 is 0. The van der Waals surface area contributed by atoms with Gasteiger partial charge in [-0.2, -0.15) is 8.42 Å². The molecule has 9 heteroatoms. The van der Waals surface area contributed by atoms with Crippen molar-refractivity contribution in [2.45, 2.75) is 17.7 Å². The van der Waals surface area contributed by atoms with E-state index in [0.29, 0.717) is 41.1 Å². The molecule has 1 unspecified atom stereocenters. The van der Waals surface area contributed by atoms with Crippen LogP contribution in [0.4, 0.5) is 0 Å². The summed E-state index contributed by atoms with van der Waals surface area (Å²) in [6.45, 7) is 0. The van der Waals surface area contributed by atoms with Gasteiger partial charge in [0.25, 0.3) is 10.1 Å². The van der Waals surface area contributed by atoms with Crippen molar-refractivity contribution in [3.05, 3.63) is 70.8 Å². The van der Waals surface area contributed by atoms with Gasteiger partial charge in [0.1, 0.15) is 27.9 Å². The quantitative estimate of drug-likeness (QED) is 0.362. The second-order valence-corrected chi connectivity index (χ2v) is 9.35. The standard InChI is InChI=1S/C24H27O7PS/c1-28-18-8-15(9-19(13-18)29-2)7-17-5-6-23(33(25,26)27)24(32)22(17)12-16-10-20(30-3)14-21(11-16)31-4/h5-6,8-11,13-14H,7,12,32H2,1-4H3,(H,25,26,27). The summed E-state index contributed by atoms with van der Waals surface area (Å²) in [5, 5.41) is 0.409. The summed E-state index contributed by atoms with van der Waals surface area (Å²) in [7, 11) is 4.38. The van der Waals surface area contributed by atoms with Gasteiger partial charge in [0.05, 0.1) is 28.4 Å². The highest BCUT2D eigenvalue weighted by Crippen LogP contribution is 2.29. The monoisotopic (exact) mass is 490 g/mol. The lowest BCUT2D eigenvalue weighted by molar-refractivity contribution is 0.393.